The fourth-order valence-electron chi connectivity index (χ4n) is 4.65. The van der Waals surface area contributed by atoms with Crippen LogP contribution in [0.1, 0.15) is 49.6 Å². The standard InChI is InChI=1S/C26H29N3O3S/c1-3-19-6-9-22(10-7-19)29(18(2)30)26-27-21(17-33-26)16-28-12-4-5-23(28)20-8-11-24-25(15-20)32-14-13-31-24/h6-11,15,17,23H,3-5,12-14,16H2,1-2H3/t23-/m1/s1. The zero-order chi connectivity index (χ0) is 22.8. The molecule has 1 fully saturated rings. The van der Waals surface area contributed by atoms with E-state index < -0.39 is 0 Å². The highest BCUT2D eigenvalue weighted by Crippen LogP contribution is 2.39. The van der Waals surface area contributed by atoms with Gasteiger partial charge in [0.1, 0.15) is 13.2 Å². The van der Waals surface area contributed by atoms with E-state index in [4.69, 9.17) is 14.5 Å². The van der Waals surface area contributed by atoms with Crippen molar-refractivity contribution in [3.63, 3.8) is 0 Å². The monoisotopic (exact) mass is 463 g/mol. The van der Waals surface area contributed by atoms with E-state index in [0.29, 0.717) is 19.3 Å². The van der Waals surface area contributed by atoms with Crippen LogP contribution in [0.2, 0.25) is 0 Å². The molecule has 33 heavy (non-hydrogen) atoms. The van der Waals surface area contributed by atoms with Crippen LogP contribution < -0.4 is 14.4 Å². The first kappa shape index (κ1) is 21.9. The summed E-state index contributed by atoms with van der Waals surface area (Å²) in [5.41, 5.74) is 4.36. The maximum Gasteiger partial charge on any atom is 0.230 e. The van der Waals surface area contributed by atoms with Crippen molar-refractivity contribution in [2.45, 2.75) is 45.7 Å². The van der Waals surface area contributed by atoms with Crippen molar-refractivity contribution in [2.24, 2.45) is 0 Å². The maximum absolute atomic E-state index is 12.5. The zero-order valence-electron chi connectivity index (χ0n) is 19.1. The second-order valence-electron chi connectivity index (χ2n) is 8.53. The molecule has 1 atom stereocenters. The molecule has 6 nitrogen and oxygen atoms in total. The molecule has 2 aliphatic heterocycles. The molecule has 7 heteroatoms. The highest BCUT2D eigenvalue weighted by atomic mass is 32.1. The molecule has 0 aliphatic carbocycles. The number of nitrogens with zero attached hydrogens (tertiary/aromatic N) is 3. The lowest BCUT2D eigenvalue weighted by atomic mass is 10.0. The number of likely N-dealkylation sites (tertiary alicyclic amines) is 1. The number of rotatable bonds is 6. The molecule has 1 aromatic heterocycles. The van der Waals surface area contributed by atoms with Crippen molar-refractivity contribution >= 4 is 28.1 Å². The summed E-state index contributed by atoms with van der Waals surface area (Å²) in [7, 11) is 0. The molecule has 0 radical (unpaired) electrons. The summed E-state index contributed by atoms with van der Waals surface area (Å²) in [5.74, 6) is 1.64. The van der Waals surface area contributed by atoms with Crippen molar-refractivity contribution in [1.82, 2.24) is 9.88 Å². The number of hydrogen-bond donors (Lipinski definition) is 0. The van der Waals surface area contributed by atoms with Crippen LogP contribution in [0.5, 0.6) is 11.5 Å². The van der Waals surface area contributed by atoms with E-state index in [0.717, 1.165) is 60.4 Å². The fourth-order valence-corrected chi connectivity index (χ4v) is 5.53. The van der Waals surface area contributed by atoms with Crippen LogP contribution in [0.25, 0.3) is 0 Å². The van der Waals surface area contributed by atoms with E-state index in [9.17, 15) is 4.79 Å². The summed E-state index contributed by atoms with van der Waals surface area (Å²) >= 11 is 1.52. The van der Waals surface area contributed by atoms with Gasteiger partial charge in [-0.15, -0.1) is 11.3 Å². The van der Waals surface area contributed by atoms with Gasteiger partial charge >= 0.3 is 0 Å². The average molecular weight is 464 g/mol. The van der Waals surface area contributed by atoms with Gasteiger partial charge in [0.2, 0.25) is 5.91 Å². The molecule has 2 aromatic carbocycles. The second-order valence-corrected chi connectivity index (χ2v) is 9.36. The van der Waals surface area contributed by atoms with Crippen molar-refractivity contribution in [3.8, 4) is 11.5 Å². The lowest BCUT2D eigenvalue weighted by molar-refractivity contribution is -0.115. The van der Waals surface area contributed by atoms with Crippen LogP contribution in [0.15, 0.2) is 47.8 Å². The third kappa shape index (κ3) is 4.61. The molecular formula is C26H29N3O3S. The zero-order valence-corrected chi connectivity index (χ0v) is 19.9. The minimum Gasteiger partial charge on any atom is -0.486 e. The van der Waals surface area contributed by atoms with Gasteiger partial charge in [0.05, 0.1) is 11.4 Å². The Kier molecular flexibility index (Phi) is 6.33. The number of amides is 1. The van der Waals surface area contributed by atoms with Crippen molar-refractivity contribution in [2.75, 3.05) is 24.7 Å². The van der Waals surface area contributed by atoms with Gasteiger partial charge in [-0.1, -0.05) is 25.1 Å². The molecule has 172 valence electrons. The van der Waals surface area contributed by atoms with E-state index in [1.54, 1.807) is 11.8 Å². The molecule has 5 rings (SSSR count). The lowest BCUT2D eigenvalue weighted by Gasteiger charge is -2.26. The van der Waals surface area contributed by atoms with Crippen LogP contribution in [0, 0.1) is 0 Å². The van der Waals surface area contributed by atoms with E-state index in [1.165, 1.54) is 22.5 Å². The molecule has 0 spiro atoms. The van der Waals surface area contributed by atoms with Gasteiger partial charge in [-0.25, -0.2) is 4.98 Å². The molecule has 2 aliphatic rings. The predicted octanol–water partition coefficient (Wildman–Crippen LogP) is 5.50. The SMILES string of the molecule is CCc1ccc(N(C(C)=O)c2nc(CN3CCC[C@@H]3c3ccc4c(c3)OCCO4)cs2)cc1. The lowest BCUT2D eigenvalue weighted by Crippen LogP contribution is -2.24. The Hall–Kier alpha value is -2.90. The summed E-state index contributed by atoms with van der Waals surface area (Å²) in [6.07, 6.45) is 3.24. The normalized spacial score (nSPS) is 17.8. The van der Waals surface area contributed by atoms with Gasteiger partial charge in [0.15, 0.2) is 16.6 Å². The number of thiazole rings is 1. The Bertz CT molecular complexity index is 1130. The summed E-state index contributed by atoms with van der Waals surface area (Å²) in [6.45, 7) is 6.71. The van der Waals surface area contributed by atoms with E-state index in [-0.39, 0.29) is 5.91 Å². The van der Waals surface area contributed by atoms with Gasteiger partial charge in [-0.2, -0.15) is 0 Å². The second kappa shape index (κ2) is 9.53. The van der Waals surface area contributed by atoms with Gasteiger partial charge in [-0.3, -0.25) is 14.6 Å². The Morgan fingerprint density at radius 2 is 1.94 bits per heavy atom. The minimum absolute atomic E-state index is 0.0320. The third-order valence-electron chi connectivity index (χ3n) is 6.33. The first-order valence-electron chi connectivity index (χ1n) is 11.6. The summed E-state index contributed by atoms with van der Waals surface area (Å²) < 4.78 is 11.5. The minimum atomic E-state index is -0.0320. The highest BCUT2D eigenvalue weighted by molar-refractivity contribution is 7.14. The summed E-state index contributed by atoms with van der Waals surface area (Å²) in [4.78, 5) is 21.5. The molecule has 0 saturated carbocycles. The largest absolute Gasteiger partial charge is 0.486 e. The molecule has 1 saturated heterocycles. The van der Waals surface area contributed by atoms with Crippen molar-refractivity contribution in [3.05, 3.63) is 64.7 Å². The Morgan fingerprint density at radius 1 is 1.15 bits per heavy atom. The first-order valence-corrected chi connectivity index (χ1v) is 12.5. The number of fused-ring (bicyclic) bond motifs is 1. The summed E-state index contributed by atoms with van der Waals surface area (Å²) in [5, 5.41) is 2.79. The highest BCUT2D eigenvalue weighted by Gasteiger charge is 2.28. The van der Waals surface area contributed by atoms with Crippen LogP contribution in [0.4, 0.5) is 10.8 Å². The number of carbonyl (C=O) groups is 1. The predicted molar refractivity (Wildman–Crippen MR) is 131 cm³/mol. The number of anilines is 2. The maximum atomic E-state index is 12.5. The molecule has 0 unspecified atom stereocenters. The molecule has 0 bridgehead atoms. The molecular weight excluding hydrogens is 434 g/mol. The quantitative estimate of drug-likeness (QED) is 0.483. The van der Waals surface area contributed by atoms with Crippen LogP contribution in [-0.2, 0) is 17.8 Å². The van der Waals surface area contributed by atoms with Gasteiger partial charge in [0.25, 0.3) is 0 Å². The van der Waals surface area contributed by atoms with Gasteiger partial charge < -0.3 is 9.47 Å². The Balaban J connectivity index is 1.33. The van der Waals surface area contributed by atoms with E-state index in [2.05, 4.69) is 41.5 Å². The number of hydrogen-bond acceptors (Lipinski definition) is 6. The molecule has 3 aromatic rings. The van der Waals surface area contributed by atoms with Crippen LogP contribution >= 0.6 is 11.3 Å². The Labute approximate surface area is 198 Å². The third-order valence-corrected chi connectivity index (χ3v) is 7.20. The molecule has 0 N–H and O–H groups in total. The average Bonchev–Trinajstić information content (AvgIpc) is 3.49. The fraction of sp³-hybridized carbons (Fsp3) is 0.385. The number of ether oxygens (including phenoxy) is 2. The van der Waals surface area contributed by atoms with Gasteiger partial charge in [-0.05, 0) is 61.2 Å². The molecule has 1 amide bonds. The first-order chi connectivity index (χ1) is 16.1. The van der Waals surface area contributed by atoms with Crippen LogP contribution in [-0.4, -0.2) is 35.5 Å². The van der Waals surface area contributed by atoms with Crippen molar-refractivity contribution < 1.29 is 14.3 Å². The van der Waals surface area contributed by atoms with Gasteiger partial charge in [0, 0.05) is 24.9 Å². The van der Waals surface area contributed by atoms with Crippen molar-refractivity contribution in [1.29, 1.82) is 0 Å². The smallest absolute Gasteiger partial charge is 0.230 e. The number of aryl methyl sites for hydroxylation is 1. The van der Waals surface area contributed by atoms with Crippen LogP contribution in [0.3, 0.4) is 0 Å². The number of aromatic nitrogens is 1. The topological polar surface area (TPSA) is 54.9 Å². The van der Waals surface area contributed by atoms with E-state index in [1.807, 2.05) is 18.2 Å². The Morgan fingerprint density at radius 3 is 2.70 bits per heavy atom. The number of benzene rings is 2. The number of carbonyl (C=O) groups excluding carboxylic acids is 1. The van der Waals surface area contributed by atoms with E-state index >= 15 is 0 Å². The molecule has 3 heterocycles. The summed E-state index contributed by atoms with van der Waals surface area (Å²) in [6, 6.07) is 14.8.